The van der Waals surface area contributed by atoms with Crippen LogP contribution < -0.4 is 0 Å². The van der Waals surface area contributed by atoms with Gasteiger partial charge in [0.1, 0.15) is 6.04 Å². The van der Waals surface area contributed by atoms with Gasteiger partial charge >= 0.3 is 5.97 Å². The van der Waals surface area contributed by atoms with Gasteiger partial charge in [-0.05, 0) is 18.6 Å². The lowest BCUT2D eigenvalue weighted by molar-refractivity contribution is -0.145. The van der Waals surface area contributed by atoms with Crippen molar-refractivity contribution >= 4 is 17.7 Å². The molecule has 0 saturated carbocycles. The number of carboxylic acids is 1. The molecule has 17 heavy (non-hydrogen) atoms. The lowest BCUT2D eigenvalue weighted by Crippen LogP contribution is -2.41. The molecule has 0 radical (unpaired) electrons. The van der Waals surface area contributed by atoms with Crippen molar-refractivity contribution in [2.75, 3.05) is 6.54 Å². The standard InChI is InChI=1S/C11H11NO5/c13-8(9-2-1-5-17-9)6-12-7(11(15)16)3-4-10(12)14/h1-2,5,7H,3-4,6H2,(H,15,16). The third kappa shape index (κ3) is 2.20. The van der Waals surface area contributed by atoms with Crippen molar-refractivity contribution < 1.29 is 23.9 Å². The summed E-state index contributed by atoms with van der Waals surface area (Å²) in [6, 6.07) is 2.15. The molecule has 0 spiro atoms. The van der Waals surface area contributed by atoms with Gasteiger partial charge in [0.25, 0.3) is 0 Å². The zero-order chi connectivity index (χ0) is 12.4. The van der Waals surface area contributed by atoms with Crippen molar-refractivity contribution in [1.29, 1.82) is 0 Å². The number of carbonyl (C=O) groups is 3. The molecule has 1 atom stereocenters. The van der Waals surface area contributed by atoms with Crippen molar-refractivity contribution in [3.05, 3.63) is 24.2 Å². The van der Waals surface area contributed by atoms with E-state index in [2.05, 4.69) is 0 Å². The maximum absolute atomic E-state index is 11.7. The number of amides is 1. The van der Waals surface area contributed by atoms with Crippen LogP contribution in [0.2, 0.25) is 0 Å². The number of carboxylic acid groups (broad SMARTS) is 1. The van der Waals surface area contributed by atoms with Gasteiger partial charge in [-0.25, -0.2) is 4.79 Å². The molecule has 90 valence electrons. The van der Waals surface area contributed by atoms with Gasteiger partial charge in [-0.1, -0.05) is 0 Å². The van der Waals surface area contributed by atoms with Crippen molar-refractivity contribution in [1.82, 2.24) is 4.90 Å². The summed E-state index contributed by atoms with van der Waals surface area (Å²) in [6.07, 6.45) is 1.77. The van der Waals surface area contributed by atoms with Gasteiger partial charge in [0.05, 0.1) is 12.8 Å². The molecule has 1 fully saturated rings. The van der Waals surface area contributed by atoms with Gasteiger partial charge in [-0.3, -0.25) is 9.59 Å². The van der Waals surface area contributed by atoms with Crippen molar-refractivity contribution in [2.45, 2.75) is 18.9 Å². The van der Waals surface area contributed by atoms with E-state index in [-0.39, 0.29) is 31.1 Å². The van der Waals surface area contributed by atoms with E-state index in [1.54, 1.807) is 6.07 Å². The predicted octanol–water partition coefficient (Wildman–Crippen LogP) is 0.538. The first-order valence-corrected chi connectivity index (χ1v) is 5.18. The summed E-state index contributed by atoms with van der Waals surface area (Å²) in [5.74, 6) is -1.65. The molecule has 0 aromatic carbocycles. The molecule has 0 bridgehead atoms. The Balaban J connectivity index is 2.09. The van der Waals surface area contributed by atoms with Crippen LogP contribution in [0.3, 0.4) is 0 Å². The molecule has 1 amide bonds. The number of furan rings is 1. The smallest absolute Gasteiger partial charge is 0.326 e. The number of likely N-dealkylation sites (tertiary alicyclic amines) is 1. The topological polar surface area (TPSA) is 87.8 Å². The molecule has 0 aliphatic carbocycles. The van der Waals surface area contributed by atoms with Crippen LogP contribution in [0.5, 0.6) is 0 Å². The predicted molar refractivity (Wildman–Crippen MR) is 55.4 cm³/mol. The van der Waals surface area contributed by atoms with E-state index in [0.717, 1.165) is 4.90 Å². The minimum atomic E-state index is -1.08. The summed E-state index contributed by atoms with van der Waals surface area (Å²) in [4.78, 5) is 35.2. The molecule has 1 aromatic heterocycles. The van der Waals surface area contributed by atoms with Crippen LogP contribution in [0.25, 0.3) is 0 Å². The lowest BCUT2D eigenvalue weighted by Gasteiger charge is -2.19. The van der Waals surface area contributed by atoms with Crippen LogP contribution >= 0.6 is 0 Å². The summed E-state index contributed by atoms with van der Waals surface area (Å²) in [5, 5.41) is 8.92. The molecule has 2 rings (SSSR count). The lowest BCUT2D eigenvalue weighted by atomic mass is 10.2. The molecule has 1 unspecified atom stereocenters. The SMILES string of the molecule is O=C(CN1C(=O)CCC1C(=O)O)c1ccco1. The molecule has 1 aliphatic heterocycles. The van der Waals surface area contributed by atoms with Crippen molar-refractivity contribution in [3.63, 3.8) is 0 Å². The average molecular weight is 237 g/mol. The van der Waals surface area contributed by atoms with E-state index in [1.807, 2.05) is 0 Å². The first-order valence-electron chi connectivity index (χ1n) is 5.18. The first kappa shape index (κ1) is 11.4. The highest BCUT2D eigenvalue weighted by atomic mass is 16.4. The second-order valence-electron chi connectivity index (χ2n) is 3.81. The fourth-order valence-electron chi connectivity index (χ4n) is 1.86. The van der Waals surface area contributed by atoms with Crippen molar-refractivity contribution in [2.24, 2.45) is 0 Å². The number of Topliss-reactive ketones (excluding diaryl/α,β-unsaturated/α-hetero) is 1. The third-order valence-electron chi connectivity index (χ3n) is 2.72. The number of hydrogen-bond donors (Lipinski definition) is 1. The van der Waals surface area contributed by atoms with Gasteiger partial charge in [0.2, 0.25) is 11.7 Å². The Morgan fingerprint density at radius 1 is 1.53 bits per heavy atom. The van der Waals surface area contributed by atoms with E-state index < -0.39 is 17.8 Å². The maximum Gasteiger partial charge on any atom is 0.326 e. The number of rotatable bonds is 4. The van der Waals surface area contributed by atoms with Gasteiger partial charge in [-0.2, -0.15) is 0 Å². The molecule has 1 N–H and O–H groups in total. The summed E-state index contributed by atoms with van der Waals surface area (Å²) >= 11 is 0. The number of aliphatic carboxylic acids is 1. The molecule has 1 aromatic rings. The van der Waals surface area contributed by atoms with E-state index in [4.69, 9.17) is 9.52 Å². The van der Waals surface area contributed by atoms with Gasteiger partial charge in [0, 0.05) is 6.42 Å². The minimum Gasteiger partial charge on any atom is -0.480 e. The van der Waals surface area contributed by atoms with Crippen LogP contribution in [0, 0.1) is 0 Å². The quantitative estimate of drug-likeness (QED) is 0.772. The minimum absolute atomic E-state index is 0.133. The summed E-state index contributed by atoms with van der Waals surface area (Å²) < 4.78 is 4.90. The van der Waals surface area contributed by atoms with E-state index in [1.165, 1.54) is 12.3 Å². The van der Waals surface area contributed by atoms with E-state index in [9.17, 15) is 14.4 Å². The summed E-state index contributed by atoms with van der Waals surface area (Å²) in [6.45, 7) is -0.247. The Kier molecular flexibility index (Phi) is 2.95. The maximum atomic E-state index is 11.7. The molecular formula is C11H11NO5. The average Bonchev–Trinajstić information content (AvgIpc) is 2.89. The Hall–Kier alpha value is -2.11. The van der Waals surface area contributed by atoms with Crippen LogP contribution in [0.1, 0.15) is 23.4 Å². The fraction of sp³-hybridized carbons (Fsp3) is 0.364. The Labute approximate surface area is 96.8 Å². The zero-order valence-corrected chi connectivity index (χ0v) is 8.96. The van der Waals surface area contributed by atoms with E-state index in [0.29, 0.717) is 0 Å². The molecule has 2 heterocycles. The Morgan fingerprint density at radius 2 is 2.29 bits per heavy atom. The number of carbonyl (C=O) groups excluding carboxylic acids is 2. The highest BCUT2D eigenvalue weighted by molar-refractivity contribution is 5.98. The number of nitrogens with zero attached hydrogens (tertiary/aromatic N) is 1. The first-order chi connectivity index (χ1) is 8.09. The number of ketones is 1. The van der Waals surface area contributed by atoms with E-state index >= 15 is 0 Å². The molecule has 1 saturated heterocycles. The van der Waals surface area contributed by atoms with Gasteiger partial charge in [-0.15, -0.1) is 0 Å². The second-order valence-corrected chi connectivity index (χ2v) is 3.81. The van der Waals surface area contributed by atoms with Gasteiger partial charge < -0.3 is 14.4 Å². The monoisotopic (exact) mass is 237 g/mol. The van der Waals surface area contributed by atoms with Crippen LogP contribution in [0.15, 0.2) is 22.8 Å². The van der Waals surface area contributed by atoms with Crippen LogP contribution in [0.4, 0.5) is 0 Å². The Bertz CT molecular complexity index is 450. The summed E-state index contributed by atoms with van der Waals surface area (Å²) in [5.41, 5.74) is 0. The zero-order valence-electron chi connectivity index (χ0n) is 8.96. The Morgan fingerprint density at radius 3 is 2.88 bits per heavy atom. The van der Waals surface area contributed by atoms with Crippen LogP contribution in [-0.2, 0) is 9.59 Å². The number of hydrogen-bond acceptors (Lipinski definition) is 4. The molecule has 1 aliphatic rings. The normalized spacial score (nSPS) is 19.6. The van der Waals surface area contributed by atoms with Crippen molar-refractivity contribution in [3.8, 4) is 0 Å². The molecule has 6 nitrogen and oxygen atoms in total. The van der Waals surface area contributed by atoms with Gasteiger partial charge in [0.15, 0.2) is 5.76 Å². The fourth-order valence-corrected chi connectivity index (χ4v) is 1.86. The molecular weight excluding hydrogens is 226 g/mol. The third-order valence-corrected chi connectivity index (χ3v) is 2.72. The highest BCUT2D eigenvalue weighted by Gasteiger charge is 2.37. The highest BCUT2D eigenvalue weighted by Crippen LogP contribution is 2.19. The molecule has 6 heteroatoms. The largest absolute Gasteiger partial charge is 0.480 e. The van der Waals surface area contributed by atoms with Crippen LogP contribution in [-0.4, -0.2) is 40.3 Å². The second kappa shape index (κ2) is 4.40. The summed E-state index contributed by atoms with van der Waals surface area (Å²) in [7, 11) is 0.